The minimum Gasteiger partial charge on any atom is -0.461 e. The molecule has 1 aliphatic carbocycles. The summed E-state index contributed by atoms with van der Waals surface area (Å²) < 4.78 is 5.57. The zero-order valence-corrected chi connectivity index (χ0v) is 16.6. The van der Waals surface area contributed by atoms with Crippen molar-refractivity contribution in [3.8, 4) is 6.07 Å². The van der Waals surface area contributed by atoms with Crippen LogP contribution in [0.4, 0.5) is 11.4 Å². The van der Waals surface area contributed by atoms with Crippen LogP contribution >= 0.6 is 0 Å². The highest BCUT2D eigenvalue weighted by molar-refractivity contribution is 6.12. The fourth-order valence-corrected chi connectivity index (χ4v) is 4.14. The number of esters is 1. The van der Waals surface area contributed by atoms with E-state index in [1.807, 2.05) is 24.3 Å². The van der Waals surface area contributed by atoms with Gasteiger partial charge in [-0.3, -0.25) is 0 Å². The van der Waals surface area contributed by atoms with E-state index in [2.05, 4.69) is 21.6 Å². The Morgan fingerprint density at radius 2 is 1.97 bits per heavy atom. The Kier molecular flexibility index (Phi) is 6.11. The van der Waals surface area contributed by atoms with E-state index < -0.39 is 5.97 Å². The van der Waals surface area contributed by atoms with E-state index >= 15 is 0 Å². The van der Waals surface area contributed by atoms with E-state index in [1.54, 1.807) is 0 Å². The first-order chi connectivity index (χ1) is 14.3. The Hall–Kier alpha value is -2.85. The van der Waals surface area contributed by atoms with Crippen LogP contribution in [0, 0.1) is 17.2 Å². The third-order valence-electron chi connectivity index (χ3n) is 5.77. The predicted octanol–water partition coefficient (Wildman–Crippen LogP) is 2.95. The summed E-state index contributed by atoms with van der Waals surface area (Å²) in [6, 6.07) is 9.74. The van der Waals surface area contributed by atoms with E-state index in [0.717, 1.165) is 50.4 Å². The number of rotatable bonds is 3. The second-order valence-electron chi connectivity index (χ2n) is 7.78. The number of nitriles is 1. The standard InChI is InChI=1S/C22H27N5O2/c23-14-17(22(28)29-15-16-6-2-1-3-7-16)20-21(27-12-10-24-11-13-27)26-19-9-5-4-8-18(19)25-20/h4-5,8-9,16,24-25H,1-3,6-7,10-13,15H2. The smallest absolute Gasteiger partial charge is 0.351 e. The highest BCUT2D eigenvalue weighted by Gasteiger charge is 2.29. The number of ether oxygens (including phenoxy) is 1. The van der Waals surface area contributed by atoms with Crippen LogP contribution in [0.5, 0.6) is 0 Å². The number of aliphatic imine (C=N–C) groups is 1. The molecule has 1 saturated carbocycles. The number of nitrogens with zero attached hydrogens (tertiary/aromatic N) is 3. The van der Waals surface area contributed by atoms with Gasteiger partial charge in [-0.1, -0.05) is 31.4 Å². The summed E-state index contributed by atoms with van der Waals surface area (Å²) in [4.78, 5) is 19.7. The Bertz CT molecular complexity index is 858. The number of para-hydroxylation sites is 2. The quantitative estimate of drug-likeness (QED) is 0.466. The average molecular weight is 393 g/mol. The molecule has 0 unspecified atom stereocenters. The molecule has 1 saturated heterocycles. The van der Waals surface area contributed by atoms with Crippen molar-refractivity contribution >= 4 is 23.2 Å². The van der Waals surface area contributed by atoms with Crippen molar-refractivity contribution in [2.75, 3.05) is 38.1 Å². The molecule has 0 bridgehead atoms. The molecule has 0 atom stereocenters. The lowest BCUT2D eigenvalue weighted by Crippen LogP contribution is -2.48. The lowest BCUT2D eigenvalue weighted by atomic mass is 9.90. The van der Waals surface area contributed by atoms with Crippen molar-refractivity contribution in [2.24, 2.45) is 10.9 Å². The zero-order chi connectivity index (χ0) is 20.1. The lowest BCUT2D eigenvalue weighted by Gasteiger charge is -2.34. The molecular weight excluding hydrogens is 366 g/mol. The summed E-state index contributed by atoms with van der Waals surface area (Å²) >= 11 is 0. The molecule has 1 aromatic rings. The summed E-state index contributed by atoms with van der Waals surface area (Å²) in [5.41, 5.74) is 2.03. The number of amidine groups is 1. The van der Waals surface area contributed by atoms with Gasteiger partial charge in [0, 0.05) is 26.2 Å². The summed E-state index contributed by atoms with van der Waals surface area (Å²) in [5, 5.41) is 16.4. The van der Waals surface area contributed by atoms with E-state index in [4.69, 9.17) is 9.73 Å². The van der Waals surface area contributed by atoms with E-state index in [-0.39, 0.29) is 5.57 Å². The fraction of sp³-hybridized carbons (Fsp3) is 0.500. The van der Waals surface area contributed by atoms with Crippen LogP contribution in [-0.4, -0.2) is 49.5 Å². The fourth-order valence-electron chi connectivity index (χ4n) is 4.14. The van der Waals surface area contributed by atoms with Gasteiger partial charge in [-0.15, -0.1) is 0 Å². The molecule has 0 radical (unpaired) electrons. The molecule has 2 aliphatic heterocycles. The van der Waals surface area contributed by atoms with Gasteiger partial charge in [0.1, 0.15) is 11.8 Å². The van der Waals surface area contributed by atoms with Crippen molar-refractivity contribution in [3.63, 3.8) is 0 Å². The summed E-state index contributed by atoms with van der Waals surface area (Å²) in [6.07, 6.45) is 5.81. The van der Waals surface area contributed by atoms with Crippen LogP contribution < -0.4 is 10.6 Å². The predicted molar refractivity (Wildman–Crippen MR) is 112 cm³/mol. The number of piperazine rings is 1. The SMILES string of the molecule is N#CC(C(=O)OCC1CCCCC1)=C1Nc2ccccc2N=C1N1CCNCC1. The summed E-state index contributed by atoms with van der Waals surface area (Å²) in [5.74, 6) is 0.471. The van der Waals surface area contributed by atoms with Gasteiger partial charge in [-0.25, -0.2) is 9.79 Å². The number of carbonyl (C=O) groups excluding carboxylic acids is 1. The molecule has 3 aliphatic rings. The number of nitrogens with one attached hydrogen (secondary N) is 2. The molecule has 0 aromatic heterocycles. The number of hydrogen-bond donors (Lipinski definition) is 2. The van der Waals surface area contributed by atoms with Crippen LogP contribution in [0.1, 0.15) is 32.1 Å². The molecule has 2 fully saturated rings. The largest absolute Gasteiger partial charge is 0.461 e. The topological polar surface area (TPSA) is 89.8 Å². The Labute approximate surface area is 171 Å². The van der Waals surface area contributed by atoms with Crippen LogP contribution in [0.15, 0.2) is 40.5 Å². The normalized spacial score (nSPS) is 21.3. The monoisotopic (exact) mass is 393 g/mol. The molecule has 1 aromatic carbocycles. The first-order valence-electron chi connectivity index (χ1n) is 10.5. The first-order valence-corrected chi connectivity index (χ1v) is 10.5. The van der Waals surface area contributed by atoms with Crippen LogP contribution in [0.2, 0.25) is 0 Å². The average Bonchev–Trinajstić information content (AvgIpc) is 2.79. The van der Waals surface area contributed by atoms with Gasteiger partial charge in [0.25, 0.3) is 0 Å². The minimum absolute atomic E-state index is 0.00686. The van der Waals surface area contributed by atoms with Crippen LogP contribution in [0.25, 0.3) is 0 Å². The molecule has 2 heterocycles. The highest BCUT2D eigenvalue weighted by atomic mass is 16.5. The maximum Gasteiger partial charge on any atom is 0.351 e. The number of hydrogen-bond acceptors (Lipinski definition) is 7. The molecule has 4 rings (SSSR count). The molecule has 7 heteroatoms. The summed E-state index contributed by atoms with van der Waals surface area (Å²) in [7, 11) is 0. The van der Waals surface area contributed by atoms with Crippen LogP contribution in [0.3, 0.4) is 0 Å². The number of carbonyl (C=O) groups is 1. The Morgan fingerprint density at radius 1 is 1.21 bits per heavy atom. The third kappa shape index (κ3) is 4.43. The van der Waals surface area contributed by atoms with E-state index in [9.17, 15) is 10.1 Å². The molecule has 7 nitrogen and oxygen atoms in total. The van der Waals surface area contributed by atoms with Crippen molar-refractivity contribution in [3.05, 3.63) is 35.5 Å². The number of fused-ring (bicyclic) bond motifs is 1. The van der Waals surface area contributed by atoms with Crippen molar-refractivity contribution < 1.29 is 9.53 Å². The molecule has 29 heavy (non-hydrogen) atoms. The molecule has 152 valence electrons. The Morgan fingerprint density at radius 3 is 2.72 bits per heavy atom. The lowest BCUT2D eigenvalue weighted by molar-refractivity contribution is -0.140. The van der Waals surface area contributed by atoms with Gasteiger partial charge in [0.05, 0.1) is 18.0 Å². The second kappa shape index (κ2) is 9.10. The highest BCUT2D eigenvalue weighted by Crippen LogP contribution is 2.33. The van der Waals surface area contributed by atoms with Gasteiger partial charge in [0.2, 0.25) is 0 Å². The van der Waals surface area contributed by atoms with E-state index in [1.165, 1.54) is 19.3 Å². The van der Waals surface area contributed by atoms with Crippen molar-refractivity contribution in [1.29, 1.82) is 5.26 Å². The van der Waals surface area contributed by atoms with Gasteiger partial charge < -0.3 is 20.3 Å². The first kappa shape index (κ1) is 19.5. The van der Waals surface area contributed by atoms with Crippen molar-refractivity contribution in [2.45, 2.75) is 32.1 Å². The zero-order valence-electron chi connectivity index (χ0n) is 16.6. The Balaban J connectivity index is 1.61. The maximum atomic E-state index is 12.8. The second-order valence-corrected chi connectivity index (χ2v) is 7.78. The third-order valence-corrected chi connectivity index (χ3v) is 5.77. The van der Waals surface area contributed by atoms with Gasteiger partial charge >= 0.3 is 5.97 Å². The molecular formula is C22H27N5O2. The maximum absolute atomic E-state index is 12.8. The summed E-state index contributed by atoms with van der Waals surface area (Å²) in [6.45, 7) is 3.59. The van der Waals surface area contributed by atoms with Gasteiger partial charge in [-0.2, -0.15) is 5.26 Å². The number of anilines is 1. The van der Waals surface area contributed by atoms with Crippen LogP contribution in [-0.2, 0) is 9.53 Å². The molecule has 0 spiro atoms. The number of benzene rings is 1. The van der Waals surface area contributed by atoms with Crippen molar-refractivity contribution in [1.82, 2.24) is 10.2 Å². The van der Waals surface area contributed by atoms with E-state index in [0.29, 0.717) is 24.1 Å². The van der Waals surface area contributed by atoms with Gasteiger partial charge in [-0.05, 0) is 30.9 Å². The molecule has 0 amide bonds. The van der Waals surface area contributed by atoms with Gasteiger partial charge in [0.15, 0.2) is 11.4 Å². The minimum atomic E-state index is -0.567. The molecule has 2 N–H and O–H groups in total.